The second kappa shape index (κ2) is 6.38. The van der Waals surface area contributed by atoms with Crippen molar-refractivity contribution in [2.24, 2.45) is 0 Å². The second-order valence-corrected chi connectivity index (χ2v) is 5.14. The number of hydrogen-bond acceptors (Lipinski definition) is 2. The van der Waals surface area contributed by atoms with E-state index in [1.165, 1.54) is 0 Å². The van der Waals surface area contributed by atoms with Crippen molar-refractivity contribution in [2.75, 3.05) is 10.6 Å². The lowest BCUT2D eigenvalue weighted by molar-refractivity contribution is -0.116. The normalized spacial score (nSPS) is 11.7. The highest BCUT2D eigenvalue weighted by molar-refractivity contribution is 9.10. The molecule has 19 heavy (non-hydrogen) atoms. The highest BCUT2D eigenvalue weighted by Gasteiger charge is 2.12. The number of carbonyl (C=O) groups is 1. The van der Waals surface area contributed by atoms with Crippen LogP contribution < -0.4 is 10.6 Å². The SMILES string of the molecule is C[C@H](Nc1ccc(Br)cc1)C(=O)Nc1ccccc1. The Morgan fingerprint density at radius 1 is 1.00 bits per heavy atom. The lowest BCUT2D eigenvalue weighted by atomic mass is 10.2. The summed E-state index contributed by atoms with van der Waals surface area (Å²) >= 11 is 3.38. The van der Waals surface area contributed by atoms with Crippen molar-refractivity contribution in [1.82, 2.24) is 0 Å². The van der Waals surface area contributed by atoms with Crippen molar-refractivity contribution in [2.45, 2.75) is 13.0 Å². The zero-order valence-corrected chi connectivity index (χ0v) is 12.1. The fourth-order valence-electron chi connectivity index (χ4n) is 1.63. The minimum atomic E-state index is -0.304. The van der Waals surface area contributed by atoms with E-state index in [0.717, 1.165) is 15.8 Å². The van der Waals surface area contributed by atoms with E-state index in [9.17, 15) is 4.79 Å². The van der Waals surface area contributed by atoms with Gasteiger partial charge in [0.2, 0.25) is 5.91 Å². The van der Waals surface area contributed by atoms with Crippen LogP contribution in [0.25, 0.3) is 0 Å². The Morgan fingerprint density at radius 2 is 1.63 bits per heavy atom. The van der Waals surface area contributed by atoms with Crippen LogP contribution in [-0.2, 0) is 4.79 Å². The molecule has 1 amide bonds. The molecule has 0 aliphatic carbocycles. The molecule has 0 bridgehead atoms. The van der Waals surface area contributed by atoms with E-state index in [1.807, 2.05) is 61.5 Å². The molecule has 2 aromatic rings. The molecule has 0 heterocycles. The highest BCUT2D eigenvalue weighted by Crippen LogP contribution is 2.15. The molecule has 0 fully saturated rings. The molecule has 0 saturated carbocycles. The molecule has 98 valence electrons. The van der Waals surface area contributed by atoms with E-state index < -0.39 is 0 Å². The average Bonchev–Trinajstić information content (AvgIpc) is 2.42. The maximum absolute atomic E-state index is 12.0. The van der Waals surface area contributed by atoms with Crippen LogP contribution in [0.3, 0.4) is 0 Å². The number of amides is 1. The van der Waals surface area contributed by atoms with Crippen LogP contribution >= 0.6 is 15.9 Å². The maximum Gasteiger partial charge on any atom is 0.246 e. The first kappa shape index (κ1) is 13.6. The molecule has 2 N–H and O–H groups in total. The summed E-state index contributed by atoms with van der Waals surface area (Å²) in [6, 6.07) is 16.8. The Morgan fingerprint density at radius 3 is 2.26 bits per heavy atom. The van der Waals surface area contributed by atoms with Crippen LogP contribution in [0, 0.1) is 0 Å². The number of hydrogen-bond donors (Lipinski definition) is 2. The minimum absolute atomic E-state index is 0.0610. The van der Waals surface area contributed by atoms with Crippen LogP contribution in [0.5, 0.6) is 0 Å². The summed E-state index contributed by atoms with van der Waals surface area (Å²) in [6.07, 6.45) is 0. The number of benzene rings is 2. The van der Waals surface area contributed by atoms with Gasteiger partial charge in [-0.2, -0.15) is 0 Å². The molecular formula is C15H15BrN2O. The van der Waals surface area contributed by atoms with Crippen molar-refractivity contribution >= 4 is 33.2 Å². The van der Waals surface area contributed by atoms with E-state index in [4.69, 9.17) is 0 Å². The molecule has 0 radical (unpaired) electrons. The first-order valence-corrected chi connectivity index (χ1v) is 6.82. The molecule has 2 aromatic carbocycles. The standard InChI is InChI=1S/C15H15BrN2O/c1-11(17-14-9-7-12(16)8-10-14)15(19)18-13-5-3-2-4-6-13/h2-11,17H,1H3,(H,18,19)/t11-/m0/s1. The van der Waals surface area contributed by atoms with Crippen LogP contribution in [-0.4, -0.2) is 11.9 Å². The van der Waals surface area contributed by atoms with Gasteiger partial charge in [0, 0.05) is 15.8 Å². The van der Waals surface area contributed by atoms with E-state index in [-0.39, 0.29) is 11.9 Å². The molecule has 0 spiro atoms. The Balaban J connectivity index is 1.94. The number of nitrogens with one attached hydrogen (secondary N) is 2. The predicted molar refractivity (Wildman–Crippen MR) is 82.3 cm³/mol. The first-order chi connectivity index (χ1) is 9.15. The van der Waals surface area contributed by atoms with Gasteiger partial charge in [-0.1, -0.05) is 34.1 Å². The number of halogens is 1. The third kappa shape index (κ3) is 4.10. The zero-order chi connectivity index (χ0) is 13.7. The van der Waals surface area contributed by atoms with Gasteiger partial charge >= 0.3 is 0 Å². The highest BCUT2D eigenvalue weighted by atomic mass is 79.9. The summed E-state index contributed by atoms with van der Waals surface area (Å²) in [7, 11) is 0. The van der Waals surface area contributed by atoms with Gasteiger partial charge in [0.1, 0.15) is 6.04 Å². The number of carbonyl (C=O) groups excluding carboxylic acids is 1. The summed E-state index contributed by atoms with van der Waals surface area (Å²) in [6.45, 7) is 1.83. The molecule has 1 atom stereocenters. The monoisotopic (exact) mass is 318 g/mol. The summed E-state index contributed by atoms with van der Waals surface area (Å²) in [5.41, 5.74) is 1.72. The van der Waals surface area contributed by atoms with E-state index >= 15 is 0 Å². The lowest BCUT2D eigenvalue weighted by Gasteiger charge is -2.15. The summed E-state index contributed by atoms with van der Waals surface area (Å²) in [5.74, 6) is -0.0610. The molecule has 0 aromatic heterocycles. The smallest absolute Gasteiger partial charge is 0.246 e. The molecular weight excluding hydrogens is 304 g/mol. The van der Waals surface area contributed by atoms with Gasteiger partial charge in [0.05, 0.1) is 0 Å². The van der Waals surface area contributed by atoms with Crippen molar-refractivity contribution in [3.63, 3.8) is 0 Å². The predicted octanol–water partition coefficient (Wildman–Crippen LogP) is 3.89. The maximum atomic E-state index is 12.0. The fourth-order valence-corrected chi connectivity index (χ4v) is 1.90. The van der Waals surface area contributed by atoms with Gasteiger partial charge in [0.15, 0.2) is 0 Å². The molecule has 0 aliphatic rings. The van der Waals surface area contributed by atoms with Crippen LogP contribution in [0.15, 0.2) is 59.1 Å². The molecule has 0 unspecified atom stereocenters. The van der Waals surface area contributed by atoms with Gasteiger partial charge in [-0.05, 0) is 43.3 Å². The van der Waals surface area contributed by atoms with Crippen molar-refractivity contribution in [1.29, 1.82) is 0 Å². The average molecular weight is 319 g/mol. The van der Waals surface area contributed by atoms with Crippen molar-refractivity contribution in [3.05, 3.63) is 59.1 Å². The molecule has 4 heteroatoms. The molecule has 2 rings (SSSR count). The number of anilines is 2. The van der Waals surface area contributed by atoms with Gasteiger partial charge in [-0.3, -0.25) is 4.79 Å². The quantitative estimate of drug-likeness (QED) is 0.898. The fraction of sp³-hybridized carbons (Fsp3) is 0.133. The first-order valence-electron chi connectivity index (χ1n) is 6.03. The minimum Gasteiger partial charge on any atom is -0.374 e. The van der Waals surface area contributed by atoms with Gasteiger partial charge in [-0.25, -0.2) is 0 Å². The van der Waals surface area contributed by atoms with Crippen molar-refractivity contribution in [3.8, 4) is 0 Å². The molecule has 0 saturated heterocycles. The van der Waals surface area contributed by atoms with E-state index in [0.29, 0.717) is 0 Å². The van der Waals surface area contributed by atoms with Crippen molar-refractivity contribution < 1.29 is 4.79 Å². The number of para-hydroxylation sites is 1. The Hall–Kier alpha value is -1.81. The van der Waals surface area contributed by atoms with E-state index in [2.05, 4.69) is 26.6 Å². The lowest BCUT2D eigenvalue weighted by Crippen LogP contribution is -2.31. The Kier molecular flexibility index (Phi) is 4.58. The summed E-state index contributed by atoms with van der Waals surface area (Å²) < 4.78 is 1.01. The third-order valence-corrected chi connectivity index (χ3v) is 3.19. The number of rotatable bonds is 4. The van der Waals surface area contributed by atoms with Gasteiger partial charge in [0.25, 0.3) is 0 Å². The largest absolute Gasteiger partial charge is 0.374 e. The Labute approximate surface area is 121 Å². The molecule has 0 aliphatic heterocycles. The second-order valence-electron chi connectivity index (χ2n) is 4.23. The third-order valence-electron chi connectivity index (χ3n) is 2.66. The topological polar surface area (TPSA) is 41.1 Å². The summed E-state index contributed by atoms with van der Waals surface area (Å²) in [4.78, 5) is 12.0. The molecule has 3 nitrogen and oxygen atoms in total. The van der Waals surface area contributed by atoms with E-state index in [1.54, 1.807) is 0 Å². The van der Waals surface area contributed by atoms with Crippen LogP contribution in [0.4, 0.5) is 11.4 Å². The Bertz CT molecular complexity index is 540. The zero-order valence-electron chi connectivity index (χ0n) is 10.6. The van der Waals surface area contributed by atoms with Crippen LogP contribution in [0.2, 0.25) is 0 Å². The summed E-state index contributed by atoms with van der Waals surface area (Å²) in [5, 5.41) is 6.02. The van der Waals surface area contributed by atoms with Gasteiger partial charge < -0.3 is 10.6 Å². The van der Waals surface area contributed by atoms with Gasteiger partial charge in [-0.15, -0.1) is 0 Å². The van der Waals surface area contributed by atoms with Crippen LogP contribution in [0.1, 0.15) is 6.92 Å².